The summed E-state index contributed by atoms with van der Waals surface area (Å²) in [6.45, 7) is 4.21. The Morgan fingerprint density at radius 2 is 1.35 bits per heavy atom. The second kappa shape index (κ2) is 8.57. The third-order valence-corrected chi connectivity index (χ3v) is 3.32. The van der Waals surface area contributed by atoms with Crippen molar-refractivity contribution >= 4 is 18.0 Å². The average Bonchev–Trinajstić information content (AvgIpc) is 2.49. The van der Waals surface area contributed by atoms with Crippen LogP contribution in [0.2, 0.25) is 0 Å². The highest BCUT2D eigenvalue weighted by molar-refractivity contribution is 5.85. The van der Waals surface area contributed by atoms with Crippen LogP contribution in [0.4, 0.5) is 0 Å². The Kier molecular flexibility index (Phi) is 7.06. The van der Waals surface area contributed by atoms with Gasteiger partial charge in [-0.25, -0.2) is 0 Å². The normalized spacial score (nSPS) is 9.95. The lowest BCUT2D eigenvalue weighted by Crippen LogP contribution is -2.17. The van der Waals surface area contributed by atoms with Crippen LogP contribution >= 0.6 is 12.4 Å². The van der Waals surface area contributed by atoms with Crippen LogP contribution in [0.5, 0.6) is 0 Å². The van der Waals surface area contributed by atoms with Crippen LogP contribution in [0, 0.1) is 0 Å². The van der Waals surface area contributed by atoms with Gasteiger partial charge in [-0.15, -0.1) is 12.4 Å². The monoisotopic (exact) mass is 287 g/mol. The van der Waals surface area contributed by atoms with Gasteiger partial charge in [0.2, 0.25) is 0 Å². The van der Waals surface area contributed by atoms with E-state index in [9.17, 15) is 0 Å². The van der Waals surface area contributed by atoms with Gasteiger partial charge in [0, 0.05) is 6.54 Å². The summed E-state index contributed by atoms with van der Waals surface area (Å²) in [6.07, 6.45) is 2.31. The highest BCUT2D eigenvalue weighted by Crippen LogP contribution is 2.22. The topological polar surface area (TPSA) is 3.24 Å². The molecule has 0 amide bonds. The Balaban J connectivity index is 0.00000200. The van der Waals surface area contributed by atoms with Crippen molar-refractivity contribution in [3.63, 3.8) is 0 Å². The molecule has 0 aliphatic heterocycles. The first-order chi connectivity index (χ1) is 9.31. The summed E-state index contributed by atoms with van der Waals surface area (Å²) in [5, 5.41) is 0. The van der Waals surface area contributed by atoms with Gasteiger partial charge in [-0.05, 0) is 30.3 Å². The Morgan fingerprint density at radius 3 is 1.75 bits per heavy atom. The molecule has 0 atom stereocenters. The molecule has 0 spiro atoms. The molecule has 0 unspecified atom stereocenters. The second-order valence-electron chi connectivity index (χ2n) is 4.70. The second-order valence-corrected chi connectivity index (χ2v) is 4.70. The van der Waals surface area contributed by atoms with Gasteiger partial charge in [-0.1, -0.05) is 73.7 Å². The fraction of sp³-hybridized carbons (Fsp3) is 0.222. The minimum atomic E-state index is 0. The molecule has 0 N–H and O–H groups in total. The number of benzene rings is 2. The predicted octanol–water partition coefficient (Wildman–Crippen LogP) is 4.49. The van der Waals surface area contributed by atoms with Gasteiger partial charge in [0.25, 0.3) is 0 Å². The Bertz CT molecular complexity index is 478. The fourth-order valence-electron chi connectivity index (χ4n) is 2.01. The number of halogens is 1. The van der Waals surface area contributed by atoms with E-state index in [-0.39, 0.29) is 12.4 Å². The predicted molar refractivity (Wildman–Crippen MR) is 90.4 cm³/mol. The van der Waals surface area contributed by atoms with E-state index >= 15 is 0 Å². The van der Waals surface area contributed by atoms with Crippen LogP contribution in [0.1, 0.15) is 18.1 Å². The molecule has 2 rings (SSSR count). The SMILES string of the molecule is CCN(C)CC=C(c1ccccc1)c1ccccc1.Cl. The van der Waals surface area contributed by atoms with E-state index in [2.05, 4.69) is 85.6 Å². The minimum absolute atomic E-state index is 0. The lowest BCUT2D eigenvalue weighted by Gasteiger charge is -2.13. The van der Waals surface area contributed by atoms with Gasteiger partial charge in [-0.2, -0.15) is 0 Å². The first-order valence-electron chi connectivity index (χ1n) is 6.81. The van der Waals surface area contributed by atoms with Crippen molar-refractivity contribution in [2.45, 2.75) is 6.92 Å². The number of rotatable bonds is 5. The van der Waals surface area contributed by atoms with Crippen LogP contribution in [-0.2, 0) is 0 Å². The molecule has 0 radical (unpaired) electrons. The Hall–Kier alpha value is -1.57. The molecule has 0 heterocycles. The van der Waals surface area contributed by atoms with Gasteiger partial charge >= 0.3 is 0 Å². The zero-order valence-electron chi connectivity index (χ0n) is 12.1. The van der Waals surface area contributed by atoms with E-state index in [1.165, 1.54) is 16.7 Å². The summed E-state index contributed by atoms with van der Waals surface area (Å²) in [4.78, 5) is 2.30. The molecular weight excluding hydrogens is 266 g/mol. The van der Waals surface area contributed by atoms with Crippen molar-refractivity contribution in [3.8, 4) is 0 Å². The van der Waals surface area contributed by atoms with Gasteiger partial charge in [0.05, 0.1) is 0 Å². The summed E-state index contributed by atoms with van der Waals surface area (Å²) < 4.78 is 0. The molecule has 2 heteroatoms. The van der Waals surface area contributed by atoms with E-state index in [0.717, 1.165) is 13.1 Å². The van der Waals surface area contributed by atoms with E-state index in [0.29, 0.717) is 0 Å². The van der Waals surface area contributed by atoms with Gasteiger partial charge in [0.1, 0.15) is 0 Å². The summed E-state index contributed by atoms with van der Waals surface area (Å²) in [5.41, 5.74) is 3.86. The molecule has 0 saturated heterocycles. The molecule has 0 aliphatic carbocycles. The molecule has 0 fully saturated rings. The zero-order chi connectivity index (χ0) is 13.5. The molecule has 1 nitrogen and oxygen atoms in total. The lowest BCUT2D eigenvalue weighted by atomic mass is 9.97. The van der Waals surface area contributed by atoms with Gasteiger partial charge < -0.3 is 4.90 Å². The van der Waals surface area contributed by atoms with Gasteiger partial charge in [-0.3, -0.25) is 0 Å². The third-order valence-electron chi connectivity index (χ3n) is 3.32. The van der Waals surface area contributed by atoms with E-state index < -0.39 is 0 Å². The van der Waals surface area contributed by atoms with Crippen molar-refractivity contribution in [2.24, 2.45) is 0 Å². The number of hydrogen-bond acceptors (Lipinski definition) is 1. The van der Waals surface area contributed by atoms with Crippen LogP contribution < -0.4 is 0 Å². The summed E-state index contributed by atoms with van der Waals surface area (Å²) in [6, 6.07) is 21.2. The molecule has 106 valence electrons. The number of hydrogen-bond donors (Lipinski definition) is 0. The summed E-state index contributed by atoms with van der Waals surface area (Å²) in [5.74, 6) is 0. The molecule has 0 saturated carbocycles. The van der Waals surface area contributed by atoms with E-state index in [4.69, 9.17) is 0 Å². The average molecular weight is 288 g/mol. The maximum atomic E-state index is 2.31. The summed E-state index contributed by atoms with van der Waals surface area (Å²) >= 11 is 0. The van der Waals surface area contributed by atoms with Crippen molar-refractivity contribution in [2.75, 3.05) is 20.1 Å². The van der Waals surface area contributed by atoms with Crippen LogP contribution in [0.25, 0.3) is 5.57 Å². The quantitative estimate of drug-likeness (QED) is 0.783. The minimum Gasteiger partial charge on any atom is -0.303 e. The lowest BCUT2D eigenvalue weighted by molar-refractivity contribution is 0.393. The van der Waals surface area contributed by atoms with Crippen molar-refractivity contribution in [3.05, 3.63) is 77.9 Å². The van der Waals surface area contributed by atoms with Crippen LogP contribution in [-0.4, -0.2) is 25.0 Å². The molecule has 2 aromatic rings. The molecular formula is C18H22ClN. The van der Waals surface area contributed by atoms with E-state index in [1.54, 1.807) is 0 Å². The molecule has 0 aliphatic rings. The first kappa shape index (κ1) is 16.5. The fourth-order valence-corrected chi connectivity index (χ4v) is 2.01. The smallest absolute Gasteiger partial charge is 0.0169 e. The molecule has 0 bridgehead atoms. The van der Waals surface area contributed by atoms with Crippen LogP contribution in [0.15, 0.2) is 66.7 Å². The Labute approximate surface area is 128 Å². The maximum absolute atomic E-state index is 2.31. The standard InChI is InChI=1S/C18H21N.ClH/c1-3-19(2)15-14-18(16-10-6-4-7-11-16)17-12-8-5-9-13-17;/h4-14H,3,15H2,1-2H3;1H. The highest BCUT2D eigenvalue weighted by atomic mass is 35.5. The highest BCUT2D eigenvalue weighted by Gasteiger charge is 2.04. The first-order valence-corrected chi connectivity index (χ1v) is 6.81. The Morgan fingerprint density at radius 1 is 0.900 bits per heavy atom. The number of nitrogens with zero attached hydrogens (tertiary/aromatic N) is 1. The van der Waals surface area contributed by atoms with Crippen molar-refractivity contribution in [1.29, 1.82) is 0 Å². The zero-order valence-corrected chi connectivity index (χ0v) is 12.9. The summed E-state index contributed by atoms with van der Waals surface area (Å²) in [7, 11) is 2.14. The maximum Gasteiger partial charge on any atom is 0.0169 e. The largest absolute Gasteiger partial charge is 0.303 e. The molecule has 0 aromatic heterocycles. The van der Waals surface area contributed by atoms with Crippen LogP contribution in [0.3, 0.4) is 0 Å². The van der Waals surface area contributed by atoms with E-state index in [1.807, 2.05) is 0 Å². The molecule has 20 heavy (non-hydrogen) atoms. The number of likely N-dealkylation sites (N-methyl/N-ethyl adjacent to an activating group) is 1. The van der Waals surface area contributed by atoms with Crippen molar-refractivity contribution < 1.29 is 0 Å². The van der Waals surface area contributed by atoms with Gasteiger partial charge in [0.15, 0.2) is 0 Å². The third kappa shape index (κ3) is 4.52. The van der Waals surface area contributed by atoms with Crippen molar-refractivity contribution in [1.82, 2.24) is 4.90 Å². The molecule has 2 aromatic carbocycles.